The Kier molecular flexibility index (Phi) is 20.1. The van der Waals surface area contributed by atoms with Gasteiger partial charge in [-0.1, -0.05) is 64.7 Å². The first-order valence-corrected chi connectivity index (χ1v) is 7.60. The Morgan fingerprint density at radius 2 is 1.47 bits per heavy atom. The van der Waals surface area contributed by atoms with Crippen molar-refractivity contribution in [2.45, 2.75) is 84.1 Å². The third-order valence-electron chi connectivity index (χ3n) is 3.34. The van der Waals surface area contributed by atoms with E-state index in [1.54, 1.807) is 0 Å². The van der Waals surface area contributed by atoms with Crippen molar-refractivity contribution in [1.82, 2.24) is 5.32 Å². The number of carbonyl (C=O) groups is 1. The van der Waals surface area contributed by atoms with Gasteiger partial charge in [-0.05, 0) is 13.3 Å². The van der Waals surface area contributed by atoms with E-state index >= 15 is 0 Å². The summed E-state index contributed by atoms with van der Waals surface area (Å²) < 4.78 is 0. The predicted molar refractivity (Wildman–Crippen MR) is 74.3 cm³/mol. The van der Waals surface area contributed by atoms with Gasteiger partial charge in [0.1, 0.15) is 0 Å². The fourth-order valence-corrected chi connectivity index (χ4v) is 2.12. The molecular formula is C15H30KNO2. The summed E-state index contributed by atoms with van der Waals surface area (Å²) in [4.78, 5) is 10.3. The number of hydrogen-bond donors (Lipinski definition) is 1. The van der Waals surface area contributed by atoms with Crippen molar-refractivity contribution in [3.8, 4) is 0 Å². The second-order valence-electron chi connectivity index (χ2n) is 5.27. The van der Waals surface area contributed by atoms with Crippen LogP contribution in [-0.2, 0) is 4.79 Å². The molecule has 0 aromatic carbocycles. The fraction of sp³-hybridized carbons (Fsp3) is 0.933. The van der Waals surface area contributed by atoms with E-state index in [0.29, 0.717) is 0 Å². The average Bonchev–Trinajstić information content (AvgIpc) is 2.34. The van der Waals surface area contributed by atoms with Crippen molar-refractivity contribution in [2.75, 3.05) is 6.54 Å². The molecule has 0 aliphatic heterocycles. The van der Waals surface area contributed by atoms with Crippen molar-refractivity contribution in [3.05, 3.63) is 0 Å². The van der Waals surface area contributed by atoms with Crippen LogP contribution in [0.4, 0.5) is 0 Å². The van der Waals surface area contributed by atoms with Gasteiger partial charge in [0.2, 0.25) is 0 Å². The van der Waals surface area contributed by atoms with Crippen LogP contribution in [0.3, 0.4) is 0 Å². The molecular weight excluding hydrogens is 265 g/mol. The molecule has 0 aromatic heterocycles. The minimum atomic E-state index is -1.02. The molecule has 0 rings (SSSR count). The minimum Gasteiger partial charge on any atom is -0.549 e. The van der Waals surface area contributed by atoms with Gasteiger partial charge in [0.15, 0.2) is 0 Å². The zero-order valence-corrected chi connectivity index (χ0v) is 16.3. The van der Waals surface area contributed by atoms with E-state index in [0.717, 1.165) is 6.42 Å². The van der Waals surface area contributed by atoms with Crippen molar-refractivity contribution in [2.24, 2.45) is 0 Å². The second-order valence-corrected chi connectivity index (χ2v) is 5.27. The third kappa shape index (κ3) is 19.1. The molecule has 3 nitrogen and oxygen atoms in total. The molecule has 0 aliphatic carbocycles. The van der Waals surface area contributed by atoms with Crippen molar-refractivity contribution in [3.63, 3.8) is 0 Å². The summed E-state index contributed by atoms with van der Waals surface area (Å²) in [5.74, 6) is -1.02. The number of aliphatic carboxylic acids is 1. The van der Waals surface area contributed by atoms with Crippen molar-refractivity contribution in [1.29, 1.82) is 0 Å². The maximum Gasteiger partial charge on any atom is 1.00 e. The average molecular weight is 296 g/mol. The molecule has 0 bridgehead atoms. The number of hydrogen-bond acceptors (Lipinski definition) is 3. The Bertz CT molecular complexity index is 201. The topological polar surface area (TPSA) is 52.2 Å². The zero-order valence-electron chi connectivity index (χ0n) is 13.2. The van der Waals surface area contributed by atoms with Crippen LogP contribution >= 0.6 is 0 Å². The van der Waals surface area contributed by atoms with Gasteiger partial charge < -0.3 is 15.2 Å². The molecule has 0 spiro atoms. The van der Waals surface area contributed by atoms with Crippen LogP contribution < -0.4 is 61.8 Å². The van der Waals surface area contributed by atoms with Gasteiger partial charge in [-0.3, -0.25) is 0 Å². The van der Waals surface area contributed by atoms with E-state index in [-0.39, 0.29) is 64.0 Å². The molecule has 0 heterocycles. The summed E-state index contributed by atoms with van der Waals surface area (Å²) in [7, 11) is 0. The van der Waals surface area contributed by atoms with Crippen LogP contribution in [0.1, 0.15) is 78.1 Å². The first-order valence-electron chi connectivity index (χ1n) is 7.60. The molecule has 0 saturated carbocycles. The van der Waals surface area contributed by atoms with Crippen LogP contribution in [0.15, 0.2) is 0 Å². The van der Waals surface area contributed by atoms with Gasteiger partial charge in [-0.15, -0.1) is 0 Å². The van der Waals surface area contributed by atoms with E-state index in [4.69, 9.17) is 0 Å². The summed E-state index contributed by atoms with van der Waals surface area (Å²) in [6.07, 6.45) is 13.0. The number of unbranched alkanes of at least 4 members (excludes halogenated alkanes) is 8. The molecule has 108 valence electrons. The van der Waals surface area contributed by atoms with E-state index in [2.05, 4.69) is 12.2 Å². The molecule has 0 aliphatic rings. The first kappa shape index (κ1) is 22.3. The Hall–Kier alpha value is 1.07. The van der Waals surface area contributed by atoms with Crippen LogP contribution in [-0.4, -0.2) is 18.6 Å². The molecule has 1 atom stereocenters. The van der Waals surface area contributed by atoms with Crippen molar-refractivity contribution >= 4 is 5.97 Å². The Morgan fingerprint density at radius 1 is 1.00 bits per heavy atom. The van der Waals surface area contributed by atoms with E-state index in [9.17, 15) is 9.90 Å². The van der Waals surface area contributed by atoms with E-state index in [1.165, 1.54) is 57.8 Å². The number of carboxylic acids is 1. The molecule has 1 N–H and O–H groups in total. The van der Waals surface area contributed by atoms with Crippen LogP contribution in [0.25, 0.3) is 0 Å². The molecule has 0 saturated heterocycles. The second kappa shape index (κ2) is 17.1. The summed E-state index contributed by atoms with van der Waals surface area (Å²) in [6.45, 7) is 4.25. The third-order valence-corrected chi connectivity index (χ3v) is 3.34. The maximum absolute atomic E-state index is 10.3. The van der Waals surface area contributed by atoms with E-state index in [1.807, 2.05) is 6.92 Å². The quantitative estimate of drug-likeness (QED) is 0.373. The van der Waals surface area contributed by atoms with Crippen LogP contribution in [0, 0.1) is 0 Å². The number of carbonyl (C=O) groups excluding carboxylic acids is 1. The zero-order chi connectivity index (χ0) is 13.6. The summed E-state index contributed by atoms with van der Waals surface area (Å²) >= 11 is 0. The number of carboxylic acid groups (broad SMARTS) is 1. The van der Waals surface area contributed by atoms with Gasteiger partial charge in [-0.25, -0.2) is 0 Å². The maximum atomic E-state index is 10.3. The molecule has 0 aromatic rings. The van der Waals surface area contributed by atoms with Crippen LogP contribution in [0.2, 0.25) is 0 Å². The van der Waals surface area contributed by atoms with Crippen LogP contribution in [0.5, 0.6) is 0 Å². The largest absolute Gasteiger partial charge is 1.00 e. The summed E-state index contributed by atoms with van der Waals surface area (Å²) in [5.41, 5.74) is 0. The summed E-state index contributed by atoms with van der Waals surface area (Å²) in [5, 5.41) is 13.2. The predicted octanol–water partition coefficient (Wildman–Crippen LogP) is -0.361. The fourth-order valence-electron chi connectivity index (χ4n) is 2.12. The smallest absolute Gasteiger partial charge is 0.549 e. The standard InChI is InChI=1S/C15H31NO2.K/c1-3-4-5-6-7-8-9-10-11-12-14(2)16-13-15(17)18;/h14,16H,3-13H2,1-2H3,(H,17,18);/q;+1/p-1. The van der Waals surface area contributed by atoms with E-state index < -0.39 is 5.97 Å². The number of rotatable bonds is 13. The molecule has 1 unspecified atom stereocenters. The van der Waals surface area contributed by atoms with Gasteiger partial charge in [0.25, 0.3) is 0 Å². The molecule has 0 amide bonds. The molecule has 0 radical (unpaired) electrons. The molecule has 4 heteroatoms. The Morgan fingerprint density at radius 3 is 1.95 bits per heavy atom. The monoisotopic (exact) mass is 295 g/mol. The molecule has 0 fully saturated rings. The summed E-state index contributed by atoms with van der Waals surface area (Å²) in [6, 6.07) is 0.285. The van der Waals surface area contributed by atoms with Crippen molar-refractivity contribution < 1.29 is 61.3 Å². The number of nitrogens with one attached hydrogen (secondary N) is 1. The Labute approximate surface area is 161 Å². The van der Waals surface area contributed by atoms with Gasteiger partial charge in [0.05, 0.1) is 5.97 Å². The van der Waals surface area contributed by atoms with Gasteiger partial charge >= 0.3 is 51.4 Å². The first-order chi connectivity index (χ1) is 8.66. The normalized spacial score (nSPS) is 11.9. The van der Waals surface area contributed by atoms with Gasteiger partial charge in [0, 0.05) is 12.6 Å². The minimum absolute atomic E-state index is 0. The molecule has 19 heavy (non-hydrogen) atoms. The SMILES string of the molecule is CCCCCCCCCCCC(C)NCC(=O)[O-].[K+]. The Balaban J connectivity index is 0. The van der Waals surface area contributed by atoms with Gasteiger partial charge in [-0.2, -0.15) is 0 Å².